The molecule has 0 radical (unpaired) electrons. The summed E-state index contributed by atoms with van der Waals surface area (Å²) in [5.41, 5.74) is -1.42. The molecule has 0 fully saturated rings. The molecule has 0 aliphatic carbocycles. The first kappa shape index (κ1) is 13.4. The maximum Gasteiger partial charge on any atom is 0.252 e. The topological polar surface area (TPSA) is 58.6 Å². The molecule has 0 aliphatic heterocycles. The zero-order chi connectivity index (χ0) is 11.4. The Bertz CT molecular complexity index is 198. The van der Waals surface area contributed by atoms with E-state index in [2.05, 4.69) is 5.32 Å². The van der Waals surface area contributed by atoms with Crippen LogP contribution in [0.1, 0.15) is 34.1 Å². The molecule has 1 unspecified atom stereocenters. The number of carbonyl (C=O) groups excluding carboxylic acids is 1. The lowest BCUT2D eigenvalue weighted by Crippen LogP contribution is -2.54. The number of amides is 1. The number of ether oxygens (including phenoxy) is 1. The Morgan fingerprint density at radius 1 is 1.43 bits per heavy atom. The highest BCUT2D eigenvalue weighted by molar-refractivity contribution is 5.85. The zero-order valence-electron chi connectivity index (χ0n) is 9.68. The van der Waals surface area contributed by atoms with Gasteiger partial charge in [0.1, 0.15) is 5.60 Å². The minimum atomic E-state index is -0.813. The molecule has 0 saturated carbocycles. The van der Waals surface area contributed by atoms with Crippen LogP contribution in [0.15, 0.2) is 0 Å². The first-order chi connectivity index (χ1) is 6.31. The van der Waals surface area contributed by atoms with Crippen LogP contribution in [0.4, 0.5) is 0 Å². The van der Waals surface area contributed by atoms with Gasteiger partial charge in [0.25, 0.3) is 5.91 Å². The van der Waals surface area contributed by atoms with Crippen LogP contribution < -0.4 is 5.32 Å². The van der Waals surface area contributed by atoms with Crippen molar-refractivity contribution in [3.63, 3.8) is 0 Å². The molecule has 2 N–H and O–H groups in total. The molecular weight excluding hydrogens is 182 g/mol. The van der Waals surface area contributed by atoms with E-state index in [0.717, 1.165) is 0 Å². The molecule has 84 valence electrons. The SMILES string of the molecule is CCC(C)(OC)C(=O)NC(C)(C)CO. The minimum absolute atomic E-state index is 0.0950. The van der Waals surface area contributed by atoms with Crippen LogP contribution in [0.2, 0.25) is 0 Å². The number of aliphatic hydroxyl groups is 1. The molecule has 0 aromatic carbocycles. The second kappa shape index (κ2) is 4.75. The average Bonchev–Trinajstić information content (AvgIpc) is 2.16. The molecule has 0 aliphatic rings. The van der Waals surface area contributed by atoms with Gasteiger partial charge < -0.3 is 15.2 Å². The van der Waals surface area contributed by atoms with Crippen molar-refractivity contribution in [2.24, 2.45) is 0 Å². The first-order valence-electron chi connectivity index (χ1n) is 4.80. The summed E-state index contributed by atoms with van der Waals surface area (Å²) in [6, 6.07) is 0. The van der Waals surface area contributed by atoms with Crippen LogP contribution in [0.25, 0.3) is 0 Å². The monoisotopic (exact) mass is 203 g/mol. The molecule has 0 rings (SSSR count). The van der Waals surface area contributed by atoms with E-state index in [1.165, 1.54) is 7.11 Å². The van der Waals surface area contributed by atoms with Gasteiger partial charge in [-0.1, -0.05) is 6.92 Å². The Balaban J connectivity index is 4.48. The van der Waals surface area contributed by atoms with E-state index in [4.69, 9.17) is 9.84 Å². The van der Waals surface area contributed by atoms with Crippen molar-refractivity contribution in [2.75, 3.05) is 13.7 Å². The Morgan fingerprint density at radius 2 is 1.93 bits per heavy atom. The predicted octanol–water partition coefficient (Wildman–Crippen LogP) is 0.689. The molecule has 4 nitrogen and oxygen atoms in total. The number of hydrogen-bond donors (Lipinski definition) is 2. The van der Waals surface area contributed by atoms with Crippen LogP contribution in [-0.2, 0) is 9.53 Å². The highest BCUT2D eigenvalue weighted by Crippen LogP contribution is 2.15. The van der Waals surface area contributed by atoms with E-state index < -0.39 is 11.1 Å². The van der Waals surface area contributed by atoms with Crippen LogP contribution in [-0.4, -0.2) is 35.9 Å². The number of nitrogens with one attached hydrogen (secondary N) is 1. The maximum absolute atomic E-state index is 11.8. The van der Waals surface area contributed by atoms with E-state index in [-0.39, 0.29) is 12.5 Å². The zero-order valence-corrected chi connectivity index (χ0v) is 9.68. The van der Waals surface area contributed by atoms with Crippen molar-refractivity contribution in [1.29, 1.82) is 0 Å². The van der Waals surface area contributed by atoms with E-state index >= 15 is 0 Å². The summed E-state index contributed by atoms with van der Waals surface area (Å²) >= 11 is 0. The van der Waals surface area contributed by atoms with Crippen LogP contribution in [0.3, 0.4) is 0 Å². The van der Waals surface area contributed by atoms with Gasteiger partial charge in [0, 0.05) is 7.11 Å². The third kappa shape index (κ3) is 3.27. The number of methoxy groups -OCH3 is 1. The summed E-state index contributed by atoms with van der Waals surface area (Å²) in [5.74, 6) is -0.193. The molecule has 14 heavy (non-hydrogen) atoms. The highest BCUT2D eigenvalue weighted by atomic mass is 16.5. The van der Waals surface area contributed by atoms with Gasteiger partial charge in [-0.3, -0.25) is 4.79 Å². The molecule has 0 aromatic rings. The van der Waals surface area contributed by atoms with Crippen molar-refractivity contribution in [3.05, 3.63) is 0 Å². The number of rotatable bonds is 5. The maximum atomic E-state index is 11.8. The van der Waals surface area contributed by atoms with Crippen molar-refractivity contribution in [1.82, 2.24) is 5.32 Å². The summed E-state index contributed by atoms with van der Waals surface area (Å²) in [6.07, 6.45) is 0.594. The second-order valence-corrected chi connectivity index (χ2v) is 4.28. The van der Waals surface area contributed by atoms with Crippen LogP contribution >= 0.6 is 0 Å². The molecule has 1 amide bonds. The normalized spacial score (nSPS) is 16.1. The Hall–Kier alpha value is -0.610. The van der Waals surface area contributed by atoms with Gasteiger partial charge in [0.15, 0.2) is 0 Å². The van der Waals surface area contributed by atoms with E-state index in [1.807, 2.05) is 6.92 Å². The summed E-state index contributed by atoms with van der Waals surface area (Å²) in [6.45, 7) is 7.04. The number of hydrogen-bond acceptors (Lipinski definition) is 3. The van der Waals surface area contributed by atoms with Gasteiger partial charge in [-0.25, -0.2) is 0 Å². The Labute approximate surface area is 85.6 Å². The van der Waals surface area contributed by atoms with Gasteiger partial charge in [-0.2, -0.15) is 0 Å². The lowest BCUT2D eigenvalue weighted by molar-refractivity contribution is -0.144. The van der Waals surface area contributed by atoms with Crippen molar-refractivity contribution < 1.29 is 14.6 Å². The fraction of sp³-hybridized carbons (Fsp3) is 0.900. The fourth-order valence-corrected chi connectivity index (χ4v) is 0.877. The minimum Gasteiger partial charge on any atom is -0.394 e. The molecule has 0 bridgehead atoms. The Morgan fingerprint density at radius 3 is 2.21 bits per heavy atom. The highest BCUT2D eigenvalue weighted by Gasteiger charge is 2.34. The van der Waals surface area contributed by atoms with Crippen molar-refractivity contribution in [3.8, 4) is 0 Å². The molecule has 4 heteroatoms. The van der Waals surface area contributed by atoms with Crippen molar-refractivity contribution >= 4 is 5.91 Å². The number of carbonyl (C=O) groups is 1. The number of aliphatic hydroxyl groups excluding tert-OH is 1. The largest absolute Gasteiger partial charge is 0.394 e. The third-order valence-electron chi connectivity index (χ3n) is 2.45. The smallest absolute Gasteiger partial charge is 0.252 e. The van der Waals surface area contributed by atoms with E-state index in [1.54, 1.807) is 20.8 Å². The summed E-state index contributed by atoms with van der Waals surface area (Å²) in [7, 11) is 1.51. The fourth-order valence-electron chi connectivity index (χ4n) is 0.877. The average molecular weight is 203 g/mol. The standard InChI is InChI=1S/C10H21NO3/c1-6-10(4,14-5)8(13)11-9(2,3)7-12/h12H,6-7H2,1-5H3,(H,11,13). The molecule has 1 atom stereocenters. The van der Waals surface area contributed by atoms with Gasteiger partial charge in [-0.15, -0.1) is 0 Å². The molecule has 0 heterocycles. The summed E-state index contributed by atoms with van der Waals surface area (Å²) in [5, 5.41) is 11.7. The quantitative estimate of drug-likeness (QED) is 0.691. The van der Waals surface area contributed by atoms with Gasteiger partial charge in [-0.05, 0) is 27.2 Å². The lowest BCUT2D eigenvalue weighted by atomic mass is 9.99. The van der Waals surface area contributed by atoms with Gasteiger partial charge in [0.2, 0.25) is 0 Å². The summed E-state index contributed by atoms with van der Waals surface area (Å²) in [4.78, 5) is 11.8. The molecule has 0 aromatic heterocycles. The molecule has 0 spiro atoms. The summed E-state index contributed by atoms with van der Waals surface area (Å²) < 4.78 is 5.15. The van der Waals surface area contributed by atoms with Gasteiger partial charge in [0.05, 0.1) is 12.1 Å². The van der Waals surface area contributed by atoms with Gasteiger partial charge >= 0.3 is 0 Å². The Kier molecular flexibility index (Phi) is 4.55. The molecule has 0 saturated heterocycles. The molecular formula is C10H21NO3. The van der Waals surface area contributed by atoms with E-state index in [9.17, 15) is 4.79 Å². The predicted molar refractivity (Wildman–Crippen MR) is 55.0 cm³/mol. The van der Waals surface area contributed by atoms with Crippen LogP contribution in [0, 0.1) is 0 Å². The third-order valence-corrected chi connectivity index (χ3v) is 2.45. The van der Waals surface area contributed by atoms with E-state index in [0.29, 0.717) is 6.42 Å². The first-order valence-corrected chi connectivity index (χ1v) is 4.80. The second-order valence-electron chi connectivity index (χ2n) is 4.28. The van der Waals surface area contributed by atoms with Crippen LogP contribution in [0.5, 0.6) is 0 Å². The lowest BCUT2D eigenvalue weighted by Gasteiger charge is -2.31. The van der Waals surface area contributed by atoms with Crippen molar-refractivity contribution in [2.45, 2.75) is 45.3 Å².